The Morgan fingerprint density at radius 2 is 1.52 bits per heavy atom. The summed E-state index contributed by atoms with van der Waals surface area (Å²) in [6, 6.07) is 2.45. The SMILES string of the molecule is CCOc1cc(C(=O)OC(C)C(=O)NC(=O)NC2CCCC2)cc(OCC)c1OCC. The first-order valence-electron chi connectivity index (χ1n) is 10.8. The minimum atomic E-state index is -1.17. The van der Waals surface area contributed by atoms with Gasteiger partial charge in [0.15, 0.2) is 17.6 Å². The van der Waals surface area contributed by atoms with Crippen molar-refractivity contribution in [2.24, 2.45) is 0 Å². The number of rotatable bonds is 10. The lowest BCUT2D eigenvalue weighted by Gasteiger charge is -2.18. The maximum Gasteiger partial charge on any atom is 0.339 e. The van der Waals surface area contributed by atoms with Gasteiger partial charge >= 0.3 is 12.0 Å². The standard InChI is InChI=1S/C22H32N2O7/c1-5-28-17-12-15(13-18(29-6-2)19(17)30-7-3)21(26)31-14(4)20(25)24-22(27)23-16-10-8-9-11-16/h12-14,16H,5-11H2,1-4H3,(H2,23,24,25,27). The monoisotopic (exact) mass is 436 g/mol. The van der Waals surface area contributed by atoms with E-state index in [1.165, 1.54) is 19.1 Å². The second kappa shape index (κ2) is 12.0. The Hall–Kier alpha value is -2.97. The molecule has 0 aromatic heterocycles. The number of carbonyl (C=O) groups is 3. The molecule has 1 aromatic rings. The summed E-state index contributed by atoms with van der Waals surface area (Å²) < 4.78 is 22.0. The molecule has 0 heterocycles. The molecule has 9 heteroatoms. The van der Waals surface area contributed by atoms with Gasteiger partial charge in [0, 0.05) is 6.04 Å². The molecule has 9 nitrogen and oxygen atoms in total. The predicted octanol–water partition coefficient (Wildman–Crippen LogP) is 3.20. The number of urea groups is 1. The number of amides is 3. The number of benzene rings is 1. The summed E-state index contributed by atoms with van der Waals surface area (Å²) in [5.41, 5.74) is 0.144. The third-order valence-electron chi connectivity index (χ3n) is 4.72. The molecular formula is C22H32N2O7. The normalized spacial score (nSPS) is 14.5. The summed E-state index contributed by atoms with van der Waals surface area (Å²) in [6.07, 6.45) is 2.74. The number of hydrogen-bond acceptors (Lipinski definition) is 7. The summed E-state index contributed by atoms with van der Waals surface area (Å²) in [5, 5.41) is 4.97. The summed E-state index contributed by atoms with van der Waals surface area (Å²) in [7, 11) is 0. The van der Waals surface area contributed by atoms with Gasteiger partial charge in [-0.25, -0.2) is 9.59 Å². The zero-order valence-electron chi connectivity index (χ0n) is 18.6. The molecule has 0 saturated heterocycles. The molecule has 1 atom stereocenters. The molecule has 1 saturated carbocycles. The predicted molar refractivity (Wildman–Crippen MR) is 114 cm³/mol. The van der Waals surface area contributed by atoms with Crippen LogP contribution in [0.15, 0.2) is 12.1 Å². The highest BCUT2D eigenvalue weighted by Crippen LogP contribution is 2.39. The highest BCUT2D eigenvalue weighted by atomic mass is 16.6. The van der Waals surface area contributed by atoms with E-state index in [-0.39, 0.29) is 11.6 Å². The lowest BCUT2D eigenvalue weighted by molar-refractivity contribution is -0.127. The van der Waals surface area contributed by atoms with Crippen LogP contribution < -0.4 is 24.8 Å². The third-order valence-corrected chi connectivity index (χ3v) is 4.72. The van der Waals surface area contributed by atoms with Gasteiger partial charge in [0.05, 0.1) is 25.4 Å². The summed E-state index contributed by atoms with van der Waals surface area (Å²) >= 11 is 0. The molecule has 1 aliphatic rings. The number of ether oxygens (including phenoxy) is 4. The molecule has 1 fully saturated rings. The van der Waals surface area contributed by atoms with Crippen LogP contribution in [-0.2, 0) is 9.53 Å². The minimum absolute atomic E-state index is 0.0727. The van der Waals surface area contributed by atoms with Crippen LogP contribution in [0.4, 0.5) is 4.79 Å². The Bertz CT molecular complexity index is 748. The zero-order chi connectivity index (χ0) is 22.8. The van der Waals surface area contributed by atoms with E-state index in [0.29, 0.717) is 37.1 Å². The number of nitrogens with one attached hydrogen (secondary N) is 2. The number of imide groups is 1. The van der Waals surface area contributed by atoms with Crippen LogP contribution >= 0.6 is 0 Å². The largest absolute Gasteiger partial charge is 0.490 e. The molecule has 3 amide bonds. The van der Waals surface area contributed by atoms with E-state index in [2.05, 4.69) is 10.6 Å². The van der Waals surface area contributed by atoms with Crippen molar-refractivity contribution < 1.29 is 33.3 Å². The van der Waals surface area contributed by atoms with E-state index >= 15 is 0 Å². The van der Waals surface area contributed by atoms with Crippen molar-refractivity contribution in [3.63, 3.8) is 0 Å². The molecule has 0 bridgehead atoms. The molecule has 172 valence electrons. The van der Waals surface area contributed by atoms with Gasteiger partial charge in [0.1, 0.15) is 0 Å². The molecule has 1 unspecified atom stereocenters. The average molecular weight is 437 g/mol. The molecule has 1 aromatic carbocycles. The zero-order valence-corrected chi connectivity index (χ0v) is 18.6. The second-order valence-electron chi connectivity index (χ2n) is 7.09. The van der Waals surface area contributed by atoms with Crippen molar-refractivity contribution in [2.45, 2.75) is 65.5 Å². The van der Waals surface area contributed by atoms with Gasteiger partial charge in [0.25, 0.3) is 5.91 Å². The second-order valence-corrected chi connectivity index (χ2v) is 7.09. The average Bonchev–Trinajstić information content (AvgIpc) is 3.23. The number of carbonyl (C=O) groups excluding carboxylic acids is 3. The van der Waals surface area contributed by atoms with Crippen molar-refractivity contribution >= 4 is 17.9 Å². The first kappa shape index (κ1) is 24.3. The van der Waals surface area contributed by atoms with Crippen LogP contribution in [0.2, 0.25) is 0 Å². The lowest BCUT2D eigenvalue weighted by atomic mass is 10.1. The molecule has 2 N–H and O–H groups in total. The highest BCUT2D eigenvalue weighted by Gasteiger charge is 2.25. The fraction of sp³-hybridized carbons (Fsp3) is 0.591. The summed E-state index contributed by atoms with van der Waals surface area (Å²) in [6.45, 7) is 7.96. The van der Waals surface area contributed by atoms with E-state index in [1.807, 2.05) is 20.8 Å². The van der Waals surface area contributed by atoms with Crippen LogP contribution in [0, 0.1) is 0 Å². The molecule has 2 rings (SSSR count). The van der Waals surface area contributed by atoms with Crippen molar-refractivity contribution in [2.75, 3.05) is 19.8 Å². The minimum Gasteiger partial charge on any atom is -0.490 e. The van der Waals surface area contributed by atoms with E-state index in [0.717, 1.165) is 25.7 Å². The summed E-state index contributed by atoms with van der Waals surface area (Å²) in [5.74, 6) is -0.364. The third kappa shape index (κ3) is 7.04. The number of hydrogen-bond donors (Lipinski definition) is 2. The Balaban J connectivity index is 2.06. The van der Waals surface area contributed by atoms with Gasteiger partial charge in [-0.1, -0.05) is 12.8 Å². The van der Waals surface area contributed by atoms with Gasteiger partial charge in [-0.2, -0.15) is 0 Å². The van der Waals surface area contributed by atoms with Crippen molar-refractivity contribution in [3.05, 3.63) is 17.7 Å². The van der Waals surface area contributed by atoms with Crippen molar-refractivity contribution in [1.82, 2.24) is 10.6 Å². The van der Waals surface area contributed by atoms with Gasteiger partial charge < -0.3 is 24.3 Å². The topological polar surface area (TPSA) is 112 Å². The van der Waals surface area contributed by atoms with E-state index in [9.17, 15) is 14.4 Å². The van der Waals surface area contributed by atoms with Gasteiger partial charge in [-0.15, -0.1) is 0 Å². The molecule has 31 heavy (non-hydrogen) atoms. The Morgan fingerprint density at radius 1 is 0.968 bits per heavy atom. The number of esters is 1. The molecule has 0 aliphatic heterocycles. The van der Waals surface area contributed by atoms with Gasteiger partial charge in [0.2, 0.25) is 5.75 Å². The van der Waals surface area contributed by atoms with Crippen LogP contribution in [0.5, 0.6) is 17.2 Å². The van der Waals surface area contributed by atoms with Crippen LogP contribution in [0.1, 0.15) is 63.7 Å². The fourth-order valence-corrected chi connectivity index (χ4v) is 3.29. The van der Waals surface area contributed by atoms with E-state index in [1.54, 1.807) is 0 Å². The van der Waals surface area contributed by atoms with Crippen LogP contribution in [0.3, 0.4) is 0 Å². The smallest absolute Gasteiger partial charge is 0.339 e. The molecule has 0 radical (unpaired) electrons. The van der Waals surface area contributed by atoms with E-state index < -0.39 is 24.0 Å². The molecular weight excluding hydrogens is 404 g/mol. The van der Waals surface area contributed by atoms with Gasteiger partial charge in [-0.05, 0) is 52.7 Å². The highest BCUT2D eigenvalue weighted by molar-refractivity contribution is 5.98. The molecule has 0 spiro atoms. The van der Waals surface area contributed by atoms with E-state index in [4.69, 9.17) is 18.9 Å². The Labute approximate surface area is 182 Å². The Morgan fingerprint density at radius 3 is 2.03 bits per heavy atom. The quantitative estimate of drug-likeness (QED) is 0.542. The molecule has 1 aliphatic carbocycles. The maximum atomic E-state index is 12.7. The lowest BCUT2D eigenvalue weighted by Crippen LogP contribution is -2.47. The van der Waals surface area contributed by atoms with Crippen molar-refractivity contribution in [3.8, 4) is 17.2 Å². The maximum absolute atomic E-state index is 12.7. The first-order chi connectivity index (χ1) is 14.9. The van der Waals surface area contributed by atoms with Crippen LogP contribution in [-0.4, -0.2) is 49.9 Å². The van der Waals surface area contributed by atoms with Gasteiger partial charge in [-0.3, -0.25) is 10.1 Å². The Kier molecular flexibility index (Phi) is 9.42. The fourth-order valence-electron chi connectivity index (χ4n) is 3.29. The summed E-state index contributed by atoms with van der Waals surface area (Å²) in [4.78, 5) is 36.9. The first-order valence-corrected chi connectivity index (χ1v) is 10.8. The van der Waals surface area contributed by atoms with Crippen molar-refractivity contribution in [1.29, 1.82) is 0 Å². The van der Waals surface area contributed by atoms with Crippen LogP contribution in [0.25, 0.3) is 0 Å².